The molecule has 0 spiro atoms. The summed E-state index contributed by atoms with van der Waals surface area (Å²) in [5.41, 5.74) is 5.86. The lowest BCUT2D eigenvalue weighted by Gasteiger charge is -2.18. The first kappa shape index (κ1) is 25.1. The van der Waals surface area contributed by atoms with E-state index in [0.717, 1.165) is 0 Å². The molecule has 1 unspecified atom stereocenters. The smallest absolute Gasteiger partial charge is 0.379 e. The first-order valence-electron chi connectivity index (χ1n) is 10.1. The number of benzene rings is 1. The average molecular weight is 459 g/mol. The Labute approximate surface area is 189 Å². The zero-order valence-corrected chi connectivity index (χ0v) is 17.9. The summed E-state index contributed by atoms with van der Waals surface area (Å²) in [4.78, 5) is 46.8. The molecule has 1 aromatic heterocycles. The third-order valence-corrected chi connectivity index (χ3v) is 4.81. The number of furan rings is 1. The number of carbonyl (C=O) groups excluding carboxylic acids is 2. The molecule has 0 radical (unpaired) electrons. The first-order valence-corrected chi connectivity index (χ1v) is 10.1. The lowest BCUT2D eigenvalue weighted by Crippen LogP contribution is -2.44. The van der Waals surface area contributed by atoms with Crippen LogP contribution in [0.25, 0.3) is 0 Å². The molecule has 2 aromatic rings. The lowest BCUT2D eigenvalue weighted by molar-refractivity contribution is -0.143. The summed E-state index contributed by atoms with van der Waals surface area (Å²) in [7, 11) is 0. The van der Waals surface area contributed by atoms with E-state index in [1.807, 2.05) is 0 Å². The van der Waals surface area contributed by atoms with Crippen molar-refractivity contribution in [3.8, 4) is 5.75 Å². The highest BCUT2D eigenvalue weighted by atomic mass is 16.5. The molecule has 0 fully saturated rings. The van der Waals surface area contributed by atoms with Crippen LogP contribution in [0.15, 0.2) is 40.8 Å². The van der Waals surface area contributed by atoms with Crippen LogP contribution < -0.4 is 15.8 Å². The Hall–Kier alpha value is -4.15. The molecule has 0 bridgehead atoms. The summed E-state index contributed by atoms with van der Waals surface area (Å²) in [5, 5.41) is 27.7. The van der Waals surface area contributed by atoms with Gasteiger partial charge in [-0.15, -0.1) is 0 Å². The molecule has 0 saturated carbocycles. The van der Waals surface area contributed by atoms with Crippen molar-refractivity contribution < 1.29 is 38.5 Å². The van der Waals surface area contributed by atoms with Gasteiger partial charge >= 0.3 is 17.9 Å². The number of hydrogen-bond donors (Lipinski definition) is 5. The largest absolute Gasteiger partial charge is 0.481 e. The van der Waals surface area contributed by atoms with E-state index in [1.54, 1.807) is 6.92 Å². The Bertz CT molecular complexity index is 1030. The summed E-state index contributed by atoms with van der Waals surface area (Å²) in [5.74, 6) is -4.08. The molecule has 33 heavy (non-hydrogen) atoms. The van der Waals surface area contributed by atoms with Crippen LogP contribution in [0.3, 0.4) is 0 Å². The van der Waals surface area contributed by atoms with Gasteiger partial charge in [-0.05, 0) is 49.2 Å². The molecule has 2 rings (SSSR count). The second-order valence-corrected chi connectivity index (χ2v) is 7.23. The Morgan fingerprint density at radius 3 is 2.33 bits per heavy atom. The number of hydrogen-bond acceptors (Lipinski definition) is 7. The van der Waals surface area contributed by atoms with E-state index in [9.17, 15) is 24.3 Å². The minimum Gasteiger partial charge on any atom is -0.481 e. The van der Waals surface area contributed by atoms with Crippen molar-refractivity contribution >= 4 is 29.7 Å². The standard InChI is InChI=1S/C22H25N3O8/c1-2-12(20(28)25-16(21(29)30)8-10-18(26)27)11-15-7-9-17(32-15)22(31)33-14-5-3-13(4-6-14)19(23)24/h3-7,9,12,16H,2,8,10-11H2,1H3,(H3,23,24)(H,25,28)(H,26,27)(H,29,30)/t12?,16-/m1/s1. The van der Waals surface area contributed by atoms with Crippen molar-refractivity contribution in [2.24, 2.45) is 11.7 Å². The molecular weight excluding hydrogens is 434 g/mol. The van der Waals surface area contributed by atoms with E-state index in [2.05, 4.69) is 5.32 Å². The molecule has 176 valence electrons. The Kier molecular flexibility index (Phi) is 8.72. The van der Waals surface area contributed by atoms with Gasteiger partial charge in [-0.1, -0.05) is 6.92 Å². The number of ether oxygens (including phenoxy) is 1. The molecule has 0 aliphatic carbocycles. The van der Waals surface area contributed by atoms with Crippen LogP contribution >= 0.6 is 0 Å². The normalized spacial score (nSPS) is 12.4. The van der Waals surface area contributed by atoms with Gasteiger partial charge < -0.3 is 30.4 Å². The van der Waals surface area contributed by atoms with Crippen molar-refractivity contribution in [2.75, 3.05) is 0 Å². The number of amidine groups is 1. The third-order valence-electron chi connectivity index (χ3n) is 4.81. The van der Waals surface area contributed by atoms with E-state index in [4.69, 9.17) is 25.4 Å². The summed E-state index contributed by atoms with van der Waals surface area (Å²) in [6, 6.07) is 7.63. The van der Waals surface area contributed by atoms with Gasteiger partial charge in [-0.3, -0.25) is 15.0 Å². The fourth-order valence-corrected chi connectivity index (χ4v) is 2.94. The third kappa shape index (κ3) is 7.49. The van der Waals surface area contributed by atoms with Crippen LogP contribution in [0.2, 0.25) is 0 Å². The number of carbonyl (C=O) groups is 4. The molecule has 11 heteroatoms. The fraction of sp³-hybridized carbons (Fsp3) is 0.318. The Morgan fingerprint density at radius 2 is 1.79 bits per heavy atom. The number of carboxylic acid groups (broad SMARTS) is 2. The van der Waals surface area contributed by atoms with E-state index in [0.29, 0.717) is 17.7 Å². The maximum Gasteiger partial charge on any atom is 0.379 e. The molecule has 1 aromatic carbocycles. The maximum absolute atomic E-state index is 12.5. The van der Waals surface area contributed by atoms with Gasteiger partial charge in [0.2, 0.25) is 11.7 Å². The second-order valence-electron chi connectivity index (χ2n) is 7.23. The maximum atomic E-state index is 12.5. The Morgan fingerprint density at radius 1 is 1.12 bits per heavy atom. The van der Waals surface area contributed by atoms with Gasteiger partial charge in [0.25, 0.3) is 0 Å². The van der Waals surface area contributed by atoms with Gasteiger partial charge in [0.1, 0.15) is 23.4 Å². The highest BCUT2D eigenvalue weighted by Crippen LogP contribution is 2.19. The molecule has 0 saturated heterocycles. The lowest BCUT2D eigenvalue weighted by atomic mass is 9.99. The van der Waals surface area contributed by atoms with Crippen LogP contribution in [0, 0.1) is 11.3 Å². The minimum atomic E-state index is -1.32. The molecule has 1 amide bonds. The van der Waals surface area contributed by atoms with Crippen molar-refractivity contribution in [1.29, 1.82) is 5.41 Å². The van der Waals surface area contributed by atoms with E-state index < -0.39 is 42.2 Å². The number of nitrogens with two attached hydrogens (primary N) is 1. The van der Waals surface area contributed by atoms with Crippen molar-refractivity contribution in [1.82, 2.24) is 5.32 Å². The predicted molar refractivity (Wildman–Crippen MR) is 115 cm³/mol. The molecular formula is C22H25N3O8. The van der Waals surface area contributed by atoms with Crippen molar-refractivity contribution in [2.45, 2.75) is 38.6 Å². The van der Waals surface area contributed by atoms with Gasteiger partial charge in [0.05, 0.1) is 0 Å². The number of nitrogens with one attached hydrogen (secondary N) is 2. The predicted octanol–water partition coefficient (Wildman–Crippen LogP) is 1.79. The summed E-state index contributed by atoms with van der Waals surface area (Å²) in [6.45, 7) is 1.74. The van der Waals surface area contributed by atoms with Crippen LogP contribution in [-0.2, 0) is 20.8 Å². The minimum absolute atomic E-state index is 0.0826. The number of esters is 1. The second kappa shape index (κ2) is 11.5. The molecule has 0 aliphatic rings. The Balaban J connectivity index is 1.99. The number of amides is 1. The number of carboxylic acids is 2. The number of rotatable bonds is 12. The summed E-state index contributed by atoms with van der Waals surface area (Å²) < 4.78 is 10.7. The van der Waals surface area contributed by atoms with Crippen LogP contribution in [0.5, 0.6) is 5.75 Å². The highest BCUT2D eigenvalue weighted by Gasteiger charge is 2.26. The van der Waals surface area contributed by atoms with Gasteiger partial charge in [-0.25, -0.2) is 9.59 Å². The molecule has 11 nitrogen and oxygen atoms in total. The molecule has 1 heterocycles. The average Bonchev–Trinajstić information content (AvgIpc) is 3.23. The van der Waals surface area contributed by atoms with Gasteiger partial charge in [-0.2, -0.15) is 0 Å². The van der Waals surface area contributed by atoms with E-state index >= 15 is 0 Å². The van der Waals surface area contributed by atoms with Crippen molar-refractivity contribution in [3.05, 3.63) is 53.5 Å². The SMILES string of the molecule is CCC(Cc1ccc(C(=O)Oc2ccc(C(=N)N)cc2)o1)C(=O)N[C@H](CCC(=O)O)C(=O)O. The monoisotopic (exact) mass is 459 g/mol. The van der Waals surface area contributed by atoms with Crippen LogP contribution in [-0.4, -0.2) is 45.9 Å². The van der Waals surface area contributed by atoms with E-state index in [1.165, 1.54) is 36.4 Å². The highest BCUT2D eigenvalue weighted by molar-refractivity contribution is 5.95. The van der Waals surface area contributed by atoms with Crippen molar-refractivity contribution in [3.63, 3.8) is 0 Å². The topological polar surface area (TPSA) is 193 Å². The first-order chi connectivity index (χ1) is 15.6. The summed E-state index contributed by atoms with van der Waals surface area (Å²) >= 11 is 0. The summed E-state index contributed by atoms with van der Waals surface area (Å²) in [6.07, 6.45) is -0.166. The molecule has 0 aliphatic heterocycles. The number of nitrogen functional groups attached to an aromatic ring is 1. The molecule has 6 N–H and O–H groups in total. The number of aliphatic carboxylic acids is 2. The van der Waals surface area contributed by atoms with E-state index in [-0.39, 0.29) is 30.2 Å². The van der Waals surface area contributed by atoms with Crippen LogP contribution in [0.4, 0.5) is 0 Å². The van der Waals surface area contributed by atoms with Gasteiger partial charge in [0, 0.05) is 24.3 Å². The molecule has 2 atom stereocenters. The van der Waals surface area contributed by atoms with Gasteiger partial charge in [0.15, 0.2) is 0 Å². The van der Waals surface area contributed by atoms with Crippen LogP contribution in [0.1, 0.15) is 48.1 Å². The fourth-order valence-electron chi connectivity index (χ4n) is 2.94. The zero-order chi connectivity index (χ0) is 24.5. The zero-order valence-electron chi connectivity index (χ0n) is 17.9. The quantitative estimate of drug-likeness (QED) is 0.136.